The van der Waals surface area contributed by atoms with Gasteiger partial charge in [0.2, 0.25) is 0 Å². The second-order valence-corrected chi connectivity index (χ2v) is 13.1. The molecule has 6 aliphatic rings. The first-order valence-electron chi connectivity index (χ1n) is 13.4. The van der Waals surface area contributed by atoms with E-state index in [2.05, 4.69) is 20.4 Å². The Morgan fingerprint density at radius 3 is 2.31 bits per heavy atom. The van der Waals surface area contributed by atoms with Gasteiger partial charge in [0.25, 0.3) is 0 Å². The Morgan fingerprint density at radius 1 is 1.00 bits per heavy atom. The van der Waals surface area contributed by atoms with E-state index in [1.54, 1.807) is 0 Å². The lowest BCUT2D eigenvalue weighted by Gasteiger charge is -2.66. The number of rotatable bonds is 0. The topological polar surface area (TPSA) is 157 Å². The third-order valence-electron chi connectivity index (χ3n) is 12.0. The number of fused-ring (bicyclic) bond motifs is 7. The zero-order chi connectivity index (χ0) is 26.2. The van der Waals surface area contributed by atoms with E-state index in [1.165, 1.54) is 6.92 Å². The van der Waals surface area contributed by atoms with E-state index >= 15 is 0 Å². The van der Waals surface area contributed by atoms with Crippen molar-refractivity contribution in [1.82, 2.24) is 0 Å². The Bertz CT molecular complexity index is 974. The van der Waals surface area contributed by atoms with Crippen molar-refractivity contribution in [3.8, 4) is 0 Å². The van der Waals surface area contributed by atoms with Gasteiger partial charge in [0.05, 0.1) is 18.8 Å². The number of carbonyl (C=O) groups excluding carboxylic acids is 1. The van der Waals surface area contributed by atoms with Crippen LogP contribution in [0.3, 0.4) is 0 Å². The maximum atomic E-state index is 13.6. The van der Waals surface area contributed by atoms with Crippen LogP contribution in [0.4, 0.5) is 0 Å². The summed E-state index contributed by atoms with van der Waals surface area (Å²) in [4.78, 5) is 13.6. The van der Waals surface area contributed by atoms with Crippen LogP contribution in [0, 0.1) is 40.4 Å². The first-order valence-corrected chi connectivity index (χ1v) is 13.4. The van der Waals surface area contributed by atoms with Crippen LogP contribution in [0.15, 0.2) is 12.2 Å². The van der Waals surface area contributed by atoms with Gasteiger partial charge in [-0.15, -0.1) is 0 Å². The molecule has 6 rings (SSSR count). The fraction of sp³-hybridized carbons (Fsp3) is 0.889. The number of aliphatic hydroxyl groups is 6. The van der Waals surface area contributed by atoms with Gasteiger partial charge in [0.15, 0.2) is 17.2 Å². The number of hydrogen-bond acceptors (Lipinski definition) is 9. The van der Waals surface area contributed by atoms with E-state index in [1.807, 2.05) is 0 Å². The highest BCUT2D eigenvalue weighted by atomic mass is 16.7. The van der Waals surface area contributed by atoms with Crippen molar-refractivity contribution in [2.75, 3.05) is 6.61 Å². The summed E-state index contributed by atoms with van der Waals surface area (Å²) in [6.07, 6.45) is -5.59. The molecule has 4 saturated carbocycles. The SMILES string of the molecule is C=C1CCC2(OC1)OC1CC3C4C(O)C(=O)C5(O)C(O)C(O)C(O)C(O)C5(C)C4CCC3(C)C1C2C. The molecule has 4 aliphatic carbocycles. The van der Waals surface area contributed by atoms with Gasteiger partial charge in [-0.2, -0.15) is 0 Å². The Morgan fingerprint density at radius 2 is 1.67 bits per heavy atom. The molecular weight excluding hydrogens is 468 g/mol. The highest BCUT2D eigenvalue weighted by Gasteiger charge is 2.78. The summed E-state index contributed by atoms with van der Waals surface area (Å²) in [5.74, 6) is -2.67. The van der Waals surface area contributed by atoms with E-state index in [9.17, 15) is 35.4 Å². The summed E-state index contributed by atoms with van der Waals surface area (Å²) in [5, 5.41) is 65.8. The summed E-state index contributed by atoms with van der Waals surface area (Å²) >= 11 is 0. The Kier molecular flexibility index (Phi) is 5.36. The molecule has 0 aromatic rings. The van der Waals surface area contributed by atoms with Gasteiger partial charge in [-0.25, -0.2) is 0 Å². The van der Waals surface area contributed by atoms with Gasteiger partial charge >= 0.3 is 0 Å². The van der Waals surface area contributed by atoms with E-state index in [0.29, 0.717) is 25.9 Å². The molecule has 9 heteroatoms. The third kappa shape index (κ3) is 2.66. The summed E-state index contributed by atoms with van der Waals surface area (Å²) < 4.78 is 12.9. The molecule has 6 fully saturated rings. The van der Waals surface area contributed by atoms with E-state index in [-0.39, 0.29) is 29.3 Å². The fourth-order valence-electron chi connectivity index (χ4n) is 10.0. The van der Waals surface area contributed by atoms with Crippen molar-refractivity contribution >= 4 is 5.78 Å². The first-order chi connectivity index (χ1) is 16.8. The molecule has 202 valence electrons. The molecular formula is C27H40O9. The lowest BCUT2D eigenvalue weighted by Crippen LogP contribution is -2.82. The number of hydrogen-bond donors (Lipinski definition) is 6. The van der Waals surface area contributed by atoms with Gasteiger partial charge in [-0.1, -0.05) is 32.9 Å². The Hall–Kier alpha value is -0.910. The van der Waals surface area contributed by atoms with Crippen molar-refractivity contribution in [1.29, 1.82) is 0 Å². The minimum absolute atomic E-state index is 0.102. The van der Waals surface area contributed by atoms with Crippen molar-refractivity contribution in [3.63, 3.8) is 0 Å². The largest absolute Gasteiger partial charge is 0.390 e. The van der Waals surface area contributed by atoms with E-state index in [4.69, 9.17) is 9.47 Å². The van der Waals surface area contributed by atoms with Crippen LogP contribution in [0.1, 0.15) is 52.9 Å². The van der Waals surface area contributed by atoms with Crippen molar-refractivity contribution in [2.24, 2.45) is 40.4 Å². The number of carbonyl (C=O) groups is 1. The van der Waals surface area contributed by atoms with E-state index < -0.39 is 64.9 Å². The average Bonchev–Trinajstić information content (AvgIpc) is 3.29. The molecule has 0 aromatic carbocycles. The fourth-order valence-corrected chi connectivity index (χ4v) is 10.0. The number of Topliss-reactive ketones (excluding diaryl/α,β-unsaturated/α-hetero) is 1. The van der Waals surface area contributed by atoms with Gasteiger partial charge in [-0.05, 0) is 54.8 Å². The molecule has 9 nitrogen and oxygen atoms in total. The molecule has 15 unspecified atom stereocenters. The molecule has 2 heterocycles. The highest BCUT2D eigenvalue weighted by Crippen LogP contribution is 2.71. The Labute approximate surface area is 211 Å². The molecule has 0 aromatic heterocycles. The van der Waals surface area contributed by atoms with E-state index in [0.717, 1.165) is 18.4 Å². The predicted molar refractivity (Wildman–Crippen MR) is 125 cm³/mol. The third-order valence-corrected chi connectivity index (χ3v) is 12.0. The molecule has 2 aliphatic heterocycles. The number of aliphatic hydroxyl groups excluding tert-OH is 5. The minimum Gasteiger partial charge on any atom is -0.390 e. The van der Waals surface area contributed by atoms with Crippen molar-refractivity contribution in [2.45, 2.75) is 101 Å². The van der Waals surface area contributed by atoms with Crippen LogP contribution in [-0.2, 0) is 14.3 Å². The second kappa shape index (κ2) is 7.60. The van der Waals surface area contributed by atoms with Crippen molar-refractivity contribution in [3.05, 3.63) is 12.2 Å². The monoisotopic (exact) mass is 508 g/mol. The molecule has 15 atom stereocenters. The van der Waals surface area contributed by atoms with Gasteiger partial charge in [0, 0.05) is 17.8 Å². The second-order valence-electron chi connectivity index (χ2n) is 13.1. The summed E-state index contributed by atoms with van der Waals surface area (Å²) in [7, 11) is 0. The predicted octanol–water partition coefficient (Wildman–Crippen LogP) is -0.109. The minimum atomic E-state index is -2.58. The molecule has 0 radical (unpaired) electrons. The summed E-state index contributed by atoms with van der Waals surface area (Å²) in [6, 6.07) is 0. The maximum Gasteiger partial charge on any atom is 0.196 e. The smallest absolute Gasteiger partial charge is 0.196 e. The first kappa shape index (κ1) is 25.4. The van der Waals surface area contributed by atoms with Gasteiger partial charge in [-0.3, -0.25) is 4.79 Å². The average molecular weight is 509 g/mol. The molecule has 0 amide bonds. The van der Waals surface area contributed by atoms with Crippen LogP contribution < -0.4 is 0 Å². The molecule has 6 N–H and O–H groups in total. The quantitative estimate of drug-likeness (QED) is 0.246. The highest BCUT2D eigenvalue weighted by molar-refractivity contribution is 5.94. The molecule has 1 spiro atoms. The van der Waals surface area contributed by atoms with Gasteiger partial charge in [0.1, 0.15) is 24.4 Å². The standard InChI is InChI=1S/C27H40O9/c1-11-5-8-26(35-10-11)12(2)17-15(36-26)9-14-16-13(6-7-24(14,17)3)25(4)21(31)19(29)20(30)23(33)27(25,34)22(32)18(16)28/h12-21,23,28-31,33-34H,1,5-10H2,2-4H3. The van der Waals surface area contributed by atoms with Crippen LogP contribution in [0.25, 0.3) is 0 Å². The number of ether oxygens (including phenoxy) is 2. The van der Waals surface area contributed by atoms with Gasteiger partial charge < -0.3 is 40.1 Å². The zero-order valence-corrected chi connectivity index (χ0v) is 21.2. The Balaban J connectivity index is 1.38. The summed E-state index contributed by atoms with van der Waals surface area (Å²) in [5.41, 5.74) is -3.44. The number of ketones is 1. The lowest BCUT2D eigenvalue weighted by atomic mass is 9.40. The van der Waals surface area contributed by atoms with Crippen LogP contribution in [0.5, 0.6) is 0 Å². The zero-order valence-electron chi connectivity index (χ0n) is 21.2. The molecule has 0 bridgehead atoms. The molecule has 36 heavy (non-hydrogen) atoms. The van der Waals surface area contributed by atoms with Crippen LogP contribution >= 0.6 is 0 Å². The lowest BCUT2D eigenvalue weighted by molar-refractivity contribution is -0.315. The van der Waals surface area contributed by atoms with Crippen molar-refractivity contribution < 1.29 is 44.9 Å². The summed E-state index contributed by atoms with van der Waals surface area (Å²) in [6.45, 7) is 10.4. The maximum absolute atomic E-state index is 13.6. The van der Waals surface area contributed by atoms with Crippen LogP contribution in [0.2, 0.25) is 0 Å². The molecule has 2 saturated heterocycles. The normalized spacial score (nSPS) is 62.5. The van der Waals surface area contributed by atoms with Crippen LogP contribution in [-0.4, -0.2) is 91.0 Å².